The van der Waals surface area contributed by atoms with E-state index in [-0.39, 0.29) is 19.1 Å². The van der Waals surface area contributed by atoms with Crippen LogP contribution < -0.4 is 10.6 Å². The first-order valence-corrected chi connectivity index (χ1v) is 4.98. The Kier molecular flexibility index (Phi) is 5.12. The molecule has 0 unspecified atom stereocenters. The number of rotatable bonds is 4. The van der Waals surface area contributed by atoms with E-state index in [0.717, 1.165) is 5.69 Å². The summed E-state index contributed by atoms with van der Waals surface area (Å²) in [6.07, 6.45) is 5.01. The molecule has 0 spiro atoms. The molecule has 1 aromatic carbocycles. The van der Waals surface area contributed by atoms with Gasteiger partial charge in [-0.1, -0.05) is 5.92 Å². The monoisotopic (exact) mass is 236 g/mol. The van der Waals surface area contributed by atoms with E-state index in [2.05, 4.69) is 16.6 Å². The topological polar surface area (TPSA) is 53.5 Å². The lowest BCUT2D eigenvalue weighted by Gasteiger charge is -2.09. The van der Waals surface area contributed by atoms with E-state index >= 15 is 0 Å². The summed E-state index contributed by atoms with van der Waals surface area (Å²) in [5.74, 6) is 2.55. The number of nitrogens with one attached hydrogen (secondary N) is 2. The molecule has 4 nitrogen and oxygen atoms in total. The first-order chi connectivity index (χ1) is 7.72. The molecule has 0 aliphatic rings. The summed E-state index contributed by atoms with van der Waals surface area (Å²) in [5, 5.41) is 15.3. The summed E-state index contributed by atoms with van der Waals surface area (Å²) in [5.41, 5.74) is 0.784. The van der Waals surface area contributed by atoms with E-state index in [9.17, 15) is 0 Å². The predicted octanol–water partition coefficient (Wildman–Crippen LogP) is 1.29. The molecule has 1 aromatic rings. The van der Waals surface area contributed by atoms with Crippen LogP contribution in [0.5, 0.6) is 5.75 Å². The average molecular weight is 236 g/mol. The molecule has 0 saturated carbocycles. The molecular weight excluding hydrogens is 224 g/mol. The van der Waals surface area contributed by atoms with Gasteiger partial charge in [-0.25, -0.2) is 0 Å². The van der Waals surface area contributed by atoms with Crippen LogP contribution in [-0.4, -0.2) is 23.6 Å². The van der Waals surface area contributed by atoms with E-state index in [0.29, 0.717) is 5.11 Å². The zero-order chi connectivity index (χ0) is 11.8. The van der Waals surface area contributed by atoms with E-state index in [4.69, 9.17) is 28.5 Å². The zero-order valence-corrected chi connectivity index (χ0v) is 9.38. The van der Waals surface area contributed by atoms with Gasteiger partial charge in [0.25, 0.3) is 0 Å². The standard InChI is InChI=1S/C11H12N2O2S/c1-2-7-15-8-12-11(16)13-9-3-5-10(14)6-4-9/h1,3-6,14H,7-8H2,(H2,12,13,16). The van der Waals surface area contributed by atoms with Gasteiger partial charge in [0.1, 0.15) is 19.1 Å². The highest BCUT2D eigenvalue weighted by atomic mass is 32.1. The van der Waals surface area contributed by atoms with Crippen molar-refractivity contribution in [1.82, 2.24) is 5.32 Å². The molecule has 0 heterocycles. The molecule has 5 heteroatoms. The number of terminal acetylenes is 1. The Labute approximate surface area is 99.6 Å². The fraction of sp³-hybridized carbons (Fsp3) is 0.182. The van der Waals surface area contributed by atoms with Crippen LogP contribution in [0.15, 0.2) is 24.3 Å². The Hall–Kier alpha value is -1.77. The SMILES string of the molecule is C#CCOCNC(=S)Nc1ccc(O)cc1. The second kappa shape index (κ2) is 6.67. The van der Waals surface area contributed by atoms with Gasteiger partial charge in [0.05, 0.1) is 0 Å². The Morgan fingerprint density at radius 3 is 2.75 bits per heavy atom. The van der Waals surface area contributed by atoms with E-state index in [1.54, 1.807) is 24.3 Å². The summed E-state index contributed by atoms with van der Waals surface area (Å²) >= 11 is 5.00. The number of benzene rings is 1. The van der Waals surface area contributed by atoms with Crippen LogP contribution >= 0.6 is 12.2 Å². The molecule has 1 rings (SSSR count). The van der Waals surface area contributed by atoms with Crippen molar-refractivity contribution in [2.24, 2.45) is 0 Å². The number of phenolic OH excluding ortho intramolecular Hbond substituents is 1. The number of aromatic hydroxyl groups is 1. The summed E-state index contributed by atoms with van der Waals surface area (Å²) in [6, 6.07) is 6.57. The van der Waals surface area contributed by atoms with E-state index in [1.807, 2.05) is 0 Å². The van der Waals surface area contributed by atoms with Gasteiger partial charge in [-0.2, -0.15) is 0 Å². The predicted molar refractivity (Wildman–Crippen MR) is 67.1 cm³/mol. The first-order valence-electron chi connectivity index (χ1n) is 4.57. The van der Waals surface area contributed by atoms with E-state index < -0.39 is 0 Å². The fourth-order valence-corrected chi connectivity index (χ4v) is 1.12. The molecule has 3 N–H and O–H groups in total. The minimum absolute atomic E-state index is 0.210. The van der Waals surface area contributed by atoms with Gasteiger partial charge in [0.2, 0.25) is 0 Å². The molecule has 0 fully saturated rings. The number of phenols is 1. The third kappa shape index (κ3) is 4.64. The summed E-state index contributed by atoms with van der Waals surface area (Å²) in [7, 11) is 0. The number of hydrogen-bond acceptors (Lipinski definition) is 3. The molecule has 0 amide bonds. The molecule has 0 bridgehead atoms. The average Bonchev–Trinajstić information content (AvgIpc) is 2.28. The number of anilines is 1. The van der Waals surface area contributed by atoms with Gasteiger partial charge >= 0.3 is 0 Å². The largest absolute Gasteiger partial charge is 0.508 e. The van der Waals surface area contributed by atoms with Gasteiger partial charge in [-0.3, -0.25) is 0 Å². The van der Waals surface area contributed by atoms with Crippen molar-refractivity contribution in [3.05, 3.63) is 24.3 Å². The molecule has 0 aromatic heterocycles. The highest BCUT2D eigenvalue weighted by Gasteiger charge is 1.96. The van der Waals surface area contributed by atoms with Gasteiger partial charge < -0.3 is 20.5 Å². The summed E-state index contributed by atoms with van der Waals surface area (Å²) in [4.78, 5) is 0. The lowest BCUT2D eigenvalue weighted by Crippen LogP contribution is -2.30. The van der Waals surface area contributed by atoms with Crippen molar-refractivity contribution in [3.63, 3.8) is 0 Å². The third-order valence-electron chi connectivity index (χ3n) is 1.65. The summed E-state index contributed by atoms with van der Waals surface area (Å²) in [6.45, 7) is 0.503. The number of ether oxygens (including phenoxy) is 1. The maximum absolute atomic E-state index is 9.08. The minimum Gasteiger partial charge on any atom is -0.508 e. The van der Waals surface area contributed by atoms with Gasteiger partial charge in [0, 0.05) is 5.69 Å². The van der Waals surface area contributed by atoms with Crippen LogP contribution in [0.25, 0.3) is 0 Å². The molecule has 16 heavy (non-hydrogen) atoms. The lowest BCUT2D eigenvalue weighted by atomic mass is 10.3. The molecule has 0 saturated heterocycles. The first kappa shape index (κ1) is 12.3. The fourth-order valence-electron chi connectivity index (χ4n) is 0.947. The molecule has 0 aliphatic carbocycles. The van der Waals surface area contributed by atoms with Gasteiger partial charge in [-0.05, 0) is 36.5 Å². The maximum atomic E-state index is 9.08. The molecule has 0 radical (unpaired) electrons. The highest BCUT2D eigenvalue weighted by molar-refractivity contribution is 7.80. The minimum atomic E-state index is 0.210. The molecule has 84 valence electrons. The highest BCUT2D eigenvalue weighted by Crippen LogP contribution is 2.13. The van der Waals surface area contributed by atoms with E-state index in [1.165, 1.54) is 0 Å². The third-order valence-corrected chi connectivity index (χ3v) is 1.89. The Morgan fingerprint density at radius 2 is 2.12 bits per heavy atom. The number of thiocarbonyl (C=S) groups is 1. The van der Waals surface area contributed by atoms with Crippen LogP contribution in [0.1, 0.15) is 0 Å². The maximum Gasteiger partial charge on any atom is 0.172 e. The molecular formula is C11H12N2O2S. The van der Waals surface area contributed by atoms with Crippen LogP contribution in [0, 0.1) is 12.3 Å². The molecule has 0 atom stereocenters. The smallest absolute Gasteiger partial charge is 0.172 e. The second-order valence-corrected chi connectivity index (χ2v) is 3.28. The van der Waals surface area contributed by atoms with Crippen molar-refractivity contribution in [3.8, 4) is 18.1 Å². The van der Waals surface area contributed by atoms with Gasteiger partial charge in [0.15, 0.2) is 5.11 Å². The lowest BCUT2D eigenvalue weighted by molar-refractivity contribution is 0.162. The van der Waals surface area contributed by atoms with Gasteiger partial charge in [-0.15, -0.1) is 6.42 Å². The van der Waals surface area contributed by atoms with Crippen molar-refractivity contribution >= 4 is 23.0 Å². The zero-order valence-electron chi connectivity index (χ0n) is 8.56. The van der Waals surface area contributed by atoms with Crippen molar-refractivity contribution in [2.45, 2.75) is 0 Å². The Morgan fingerprint density at radius 1 is 1.44 bits per heavy atom. The van der Waals surface area contributed by atoms with Crippen LogP contribution in [0.4, 0.5) is 5.69 Å². The normalized spacial score (nSPS) is 9.19. The Bertz CT molecular complexity index is 384. The summed E-state index contributed by atoms with van der Waals surface area (Å²) < 4.78 is 5.00. The molecule has 0 aliphatic heterocycles. The Balaban J connectivity index is 2.29. The van der Waals surface area contributed by atoms with Crippen molar-refractivity contribution in [1.29, 1.82) is 0 Å². The quantitative estimate of drug-likeness (QED) is 0.242. The second-order valence-electron chi connectivity index (χ2n) is 2.87. The number of hydrogen-bond donors (Lipinski definition) is 3. The van der Waals surface area contributed by atoms with Crippen molar-refractivity contribution in [2.75, 3.05) is 18.7 Å². The van der Waals surface area contributed by atoms with Crippen LogP contribution in [-0.2, 0) is 4.74 Å². The van der Waals surface area contributed by atoms with Crippen LogP contribution in [0.3, 0.4) is 0 Å². The van der Waals surface area contributed by atoms with Crippen molar-refractivity contribution < 1.29 is 9.84 Å². The van der Waals surface area contributed by atoms with Crippen LogP contribution in [0.2, 0.25) is 0 Å².